The minimum Gasteiger partial charge on any atom is -0.480 e. The number of nitrogens with zero attached hydrogens (tertiary/aromatic N) is 2. The lowest BCUT2D eigenvalue weighted by Crippen LogP contribution is -2.37. The molecule has 1 unspecified atom stereocenters. The number of aryl methyl sites for hydroxylation is 1. The molecule has 6 nitrogen and oxygen atoms in total. The van der Waals surface area contributed by atoms with E-state index in [0.29, 0.717) is 17.5 Å². The summed E-state index contributed by atoms with van der Waals surface area (Å²) in [5, 5.41) is 16.3. The first-order valence-corrected chi connectivity index (χ1v) is 11.8. The Hall–Kier alpha value is -3.98. The summed E-state index contributed by atoms with van der Waals surface area (Å²) in [5.41, 5.74) is 2.19. The van der Waals surface area contributed by atoms with E-state index in [-0.39, 0.29) is 28.9 Å². The van der Waals surface area contributed by atoms with Crippen molar-refractivity contribution in [2.24, 2.45) is 0 Å². The van der Waals surface area contributed by atoms with E-state index in [9.17, 15) is 23.1 Å². The highest BCUT2D eigenvalue weighted by molar-refractivity contribution is 5.75. The number of hydrogen-bond donors (Lipinski definition) is 2. The first kappa shape index (κ1) is 26.1. The van der Waals surface area contributed by atoms with E-state index in [4.69, 9.17) is 4.52 Å². The number of halogens is 3. The monoisotopic (exact) mass is 509 g/mol. The van der Waals surface area contributed by atoms with Gasteiger partial charge in [0.05, 0.1) is 5.56 Å². The van der Waals surface area contributed by atoms with Crippen LogP contribution in [0, 0.1) is 6.92 Å². The summed E-state index contributed by atoms with van der Waals surface area (Å²) < 4.78 is 47.2. The van der Waals surface area contributed by atoms with Gasteiger partial charge in [-0.25, -0.2) is 0 Å². The number of rotatable bonds is 8. The minimum absolute atomic E-state index is 0.0248. The largest absolute Gasteiger partial charge is 0.480 e. The molecule has 0 aliphatic rings. The van der Waals surface area contributed by atoms with Gasteiger partial charge in [-0.3, -0.25) is 10.1 Å². The first-order chi connectivity index (χ1) is 17.6. The molecular formula is C28H26F3N3O3. The van der Waals surface area contributed by atoms with Gasteiger partial charge >= 0.3 is 12.1 Å². The fourth-order valence-electron chi connectivity index (χ4n) is 4.16. The quantitative estimate of drug-likeness (QED) is 0.268. The Labute approximate surface area is 212 Å². The second-order valence-corrected chi connectivity index (χ2v) is 8.81. The van der Waals surface area contributed by atoms with Crippen molar-refractivity contribution >= 4 is 5.97 Å². The van der Waals surface area contributed by atoms with Gasteiger partial charge < -0.3 is 9.63 Å². The fraction of sp³-hybridized carbons (Fsp3) is 0.250. The van der Waals surface area contributed by atoms with Gasteiger partial charge in [-0.15, -0.1) is 0 Å². The zero-order chi connectivity index (χ0) is 26.7. The van der Waals surface area contributed by atoms with Crippen LogP contribution in [0.1, 0.15) is 43.0 Å². The van der Waals surface area contributed by atoms with E-state index in [1.165, 1.54) is 12.1 Å². The van der Waals surface area contributed by atoms with Crippen LogP contribution in [0.5, 0.6) is 0 Å². The third kappa shape index (κ3) is 5.72. The fourth-order valence-corrected chi connectivity index (χ4v) is 4.16. The Morgan fingerprint density at radius 3 is 2.32 bits per heavy atom. The number of nitrogens with one attached hydrogen (secondary N) is 1. The summed E-state index contributed by atoms with van der Waals surface area (Å²) >= 11 is 0. The van der Waals surface area contributed by atoms with E-state index in [1.54, 1.807) is 50.2 Å². The van der Waals surface area contributed by atoms with Crippen LogP contribution in [0.2, 0.25) is 0 Å². The highest BCUT2D eigenvalue weighted by atomic mass is 19.4. The molecule has 2 atom stereocenters. The summed E-state index contributed by atoms with van der Waals surface area (Å²) in [6.07, 6.45) is -4.13. The summed E-state index contributed by atoms with van der Waals surface area (Å²) in [5.74, 6) is -0.704. The third-order valence-electron chi connectivity index (χ3n) is 6.26. The van der Waals surface area contributed by atoms with Crippen molar-refractivity contribution in [1.82, 2.24) is 15.5 Å². The van der Waals surface area contributed by atoms with Crippen LogP contribution in [-0.2, 0) is 11.0 Å². The van der Waals surface area contributed by atoms with Crippen LogP contribution in [0.4, 0.5) is 13.2 Å². The molecule has 37 heavy (non-hydrogen) atoms. The zero-order valence-corrected chi connectivity index (χ0v) is 20.5. The second kappa shape index (κ2) is 10.6. The van der Waals surface area contributed by atoms with Crippen molar-refractivity contribution in [2.75, 3.05) is 0 Å². The SMILES string of the molecule is CCC(N[C@H](C)c1ccc(-c2noc(-c3ccc(-c4ccccc4C)c(C(F)(F)F)c3)n2)cc1)C(=O)O. The summed E-state index contributed by atoms with van der Waals surface area (Å²) in [6.45, 7) is 5.43. The molecule has 9 heteroatoms. The normalized spacial score (nSPS) is 13.4. The van der Waals surface area contributed by atoms with Crippen molar-refractivity contribution in [3.05, 3.63) is 83.4 Å². The number of aliphatic carboxylic acids is 1. The van der Waals surface area contributed by atoms with Gasteiger partial charge in [0.2, 0.25) is 5.82 Å². The average molecular weight is 510 g/mol. The molecular weight excluding hydrogens is 483 g/mol. The van der Waals surface area contributed by atoms with Crippen molar-refractivity contribution in [3.63, 3.8) is 0 Å². The van der Waals surface area contributed by atoms with Crippen molar-refractivity contribution < 1.29 is 27.6 Å². The van der Waals surface area contributed by atoms with Crippen LogP contribution in [0.25, 0.3) is 34.0 Å². The maximum Gasteiger partial charge on any atom is 0.417 e. The molecule has 0 saturated carbocycles. The third-order valence-corrected chi connectivity index (χ3v) is 6.26. The molecule has 2 N–H and O–H groups in total. The van der Waals surface area contributed by atoms with Crippen molar-refractivity contribution in [1.29, 1.82) is 0 Å². The molecule has 0 aliphatic carbocycles. The van der Waals surface area contributed by atoms with E-state index in [2.05, 4.69) is 15.5 Å². The lowest BCUT2D eigenvalue weighted by atomic mass is 9.94. The van der Waals surface area contributed by atoms with Gasteiger partial charge in [-0.1, -0.05) is 66.7 Å². The minimum atomic E-state index is -4.57. The highest BCUT2D eigenvalue weighted by Crippen LogP contribution is 2.40. The number of hydrogen-bond acceptors (Lipinski definition) is 5. The number of benzene rings is 3. The van der Waals surface area contributed by atoms with Crippen LogP contribution < -0.4 is 5.32 Å². The lowest BCUT2D eigenvalue weighted by molar-refractivity contribution is -0.140. The predicted molar refractivity (Wildman–Crippen MR) is 134 cm³/mol. The Morgan fingerprint density at radius 1 is 1.03 bits per heavy atom. The van der Waals surface area contributed by atoms with Crippen molar-refractivity contribution in [2.45, 2.75) is 45.5 Å². The molecule has 0 fully saturated rings. The maximum absolute atomic E-state index is 14.0. The summed E-state index contributed by atoms with van der Waals surface area (Å²) in [7, 11) is 0. The molecule has 0 spiro atoms. The number of alkyl halides is 3. The molecule has 0 aliphatic heterocycles. The molecule has 1 heterocycles. The molecule has 0 radical (unpaired) electrons. The topological polar surface area (TPSA) is 88.3 Å². The van der Waals surface area contributed by atoms with Gasteiger partial charge in [-0.05, 0) is 54.7 Å². The first-order valence-electron chi connectivity index (χ1n) is 11.8. The standard InChI is InChI=1S/C28H26F3N3O3/c1-4-24(27(35)36)32-17(3)18-9-11-19(12-10-18)25-33-26(37-34-25)20-13-14-22(23(15-20)28(29,30)31)21-8-6-5-7-16(21)2/h5-15,17,24,32H,4H2,1-3H3,(H,35,36)/t17-,24?/m1/s1. The van der Waals surface area contributed by atoms with E-state index >= 15 is 0 Å². The average Bonchev–Trinajstić information content (AvgIpc) is 3.37. The molecule has 0 saturated heterocycles. The van der Waals surface area contributed by atoms with Gasteiger partial charge in [-0.2, -0.15) is 18.2 Å². The van der Waals surface area contributed by atoms with E-state index in [1.807, 2.05) is 19.1 Å². The molecule has 3 aromatic carbocycles. The molecule has 4 rings (SSSR count). The number of carbonyl (C=O) groups is 1. The summed E-state index contributed by atoms with van der Waals surface area (Å²) in [4.78, 5) is 15.6. The summed E-state index contributed by atoms with van der Waals surface area (Å²) in [6, 6.07) is 17.2. The predicted octanol–water partition coefficient (Wildman–Crippen LogP) is 6.91. The molecule has 192 valence electrons. The number of carboxylic acid groups (broad SMARTS) is 1. The Bertz CT molecular complexity index is 1400. The molecule has 0 amide bonds. The Morgan fingerprint density at radius 2 is 1.70 bits per heavy atom. The Kier molecular flexibility index (Phi) is 7.45. The number of carboxylic acids is 1. The van der Waals surface area contributed by atoms with Crippen LogP contribution in [0.15, 0.2) is 71.3 Å². The van der Waals surface area contributed by atoms with Gasteiger partial charge in [0, 0.05) is 17.2 Å². The smallest absolute Gasteiger partial charge is 0.417 e. The van der Waals surface area contributed by atoms with Crippen LogP contribution in [-0.4, -0.2) is 27.3 Å². The molecule has 4 aromatic rings. The highest BCUT2D eigenvalue weighted by Gasteiger charge is 2.34. The van der Waals surface area contributed by atoms with Gasteiger partial charge in [0.25, 0.3) is 5.89 Å². The molecule has 1 aromatic heterocycles. The molecule has 0 bridgehead atoms. The zero-order valence-electron chi connectivity index (χ0n) is 20.5. The maximum atomic E-state index is 14.0. The number of aromatic nitrogens is 2. The lowest BCUT2D eigenvalue weighted by Gasteiger charge is -2.19. The second-order valence-electron chi connectivity index (χ2n) is 8.81. The van der Waals surface area contributed by atoms with Crippen LogP contribution in [0.3, 0.4) is 0 Å². The van der Waals surface area contributed by atoms with Gasteiger partial charge in [0.1, 0.15) is 6.04 Å². The van der Waals surface area contributed by atoms with Crippen molar-refractivity contribution in [3.8, 4) is 34.0 Å². The van der Waals surface area contributed by atoms with E-state index in [0.717, 1.165) is 17.2 Å². The van der Waals surface area contributed by atoms with Crippen LogP contribution >= 0.6 is 0 Å². The van der Waals surface area contributed by atoms with Gasteiger partial charge in [0.15, 0.2) is 0 Å². The van der Waals surface area contributed by atoms with E-state index < -0.39 is 23.8 Å². The Balaban J connectivity index is 1.60.